The van der Waals surface area contributed by atoms with E-state index < -0.39 is 0 Å². The summed E-state index contributed by atoms with van der Waals surface area (Å²) in [6.45, 7) is 3.58. The van der Waals surface area contributed by atoms with E-state index in [1.165, 1.54) is 44.0 Å². The van der Waals surface area contributed by atoms with Crippen molar-refractivity contribution in [2.45, 2.75) is 52.0 Å². The maximum Gasteiger partial charge on any atom is 0.221 e. The second-order valence-corrected chi connectivity index (χ2v) is 7.17. The molecule has 2 aromatic rings. The smallest absolute Gasteiger partial charge is 0.221 e. The molecule has 1 aromatic heterocycles. The number of benzene rings is 1. The molecule has 2 N–H and O–H groups in total. The van der Waals surface area contributed by atoms with Crippen LogP contribution in [0.5, 0.6) is 0 Å². The molecule has 23 heavy (non-hydrogen) atoms. The van der Waals surface area contributed by atoms with Crippen LogP contribution in [0.1, 0.15) is 44.7 Å². The van der Waals surface area contributed by atoms with Gasteiger partial charge in [-0.3, -0.25) is 4.79 Å². The molecule has 122 valence electrons. The summed E-state index contributed by atoms with van der Waals surface area (Å²) in [4.78, 5) is 15.8. The Hall–Kier alpha value is -1.88. The van der Waals surface area contributed by atoms with Gasteiger partial charge in [-0.2, -0.15) is 0 Å². The highest BCUT2D eigenvalue weighted by molar-refractivity contribution is 7.19. The summed E-state index contributed by atoms with van der Waals surface area (Å²) < 4.78 is 0. The molecule has 1 fully saturated rings. The molecule has 0 saturated heterocycles. The van der Waals surface area contributed by atoms with Crippen LogP contribution in [0.25, 0.3) is 10.6 Å². The molecule has 0 aliphatic heterocycles. The van der Waals surface area contributed by atoms with Gasteiger partial charge in [-0.15, -0.1) is 0 Å². The zero-order chi connectivity index (χ0) is 16.2. The highest BCUT2D eigenvalue weighted by atomic mass is 32.1. The van der Waals surface area contributed by atoms with Gasteiger partial charge in [0.15, 0.2) is 0 Å². The van der Waals surface area contributed by atoms with Crippen molar-refractivity contribution in [3.63, 3.8) is 0 Å². The van der Waals surface area contributed by atoms with E-state index in [-0.39, 0.29) is 5.91 Å². The van der Waals surface area contributed by atoms with Gasteiger partial charge < -0.3 is 10.6 Å². The number of nitrogens with one attached hydrogen (secondary N) is 2. The van der Waals surface area contributed by atoms with Gasteiger partial charge >= 0.3 is 0 Å². The first-order chi connectivity index (χ1) is 11.1. The number of aryl methyl sites for hydroxylation is 1. The zero-order valence-electron chi connectivity index (χ0n) is 13.7. The van der Waals surface area contributed by atoms with Crippen molar-refractivity contribution >= 4 is 27.9 Å². The molecule has 0 atom stereocenters. The van der Waals surface area contributed by atoms with Crippen molar-refractivity contribution in [3.8, 4) is 10.6 Å². The Kier molecular flexibility index (Phi) is 4.96. The van der Waals surface area contributed by atoms with Gasteiger partial charge in [0.2, 0.25) is 5.91 Å². The third kappa shape index (κ3) is 4.10. The molecule has 1 aliphatic rings. The predicted molar refractivity (Wildman–Crippen MR) is 97.1 cm³/mol. The lowest BCUT2D eigenvalue weighted by molar-refractivity contribution is -0.114. The summed E-state index contributed by atoms with van der Waals surface area (Å²) >= 11 is 1.72. The fourth-order valence-corrected chi connectivity index (χ4v) is 4.03. The van der Waals surface area contributed by atoms with E-state index in [2.05, 4.69) is 17.6 Å². The number of aromatic nitrogens is 1. The van der Waals surface area contributed by atoms with Crippen LogP contribution in [0, 0.1) is 6.92 Å². The quantitative estimate of drug-likeness (QED) is 0.845. The number of anilines is 2. The first-order valence-electron chi connectivity index (χ1n) is 8.24. The monoisotopic (exact) mass is 329 g/mol. The van der Waals surface area contributed by atoms with Gasteiger partial charge in [0.05, 0.1) is 5.69 Å². The number of hydrogen-bond donors (Lipinski definition) is 2. The third-order valence-electron chi connectivity index (χ3n) is 4.19. The maximum atomic E-state index is 11.1. The van der Waals surface area contributed by atoms with Crippen LogP contribution in [-0.2, 0) is 4.79 Å². The largest absolute Gasteiger partial charge is 0.373 e. The second-order valence-electron chi connectivity index (χ2n) is 6.17. The molecule has 1 aliphatic carbocycles. The number of thiazole rings is 1. The first-order valence-corrected chi connectivity index (χ1v) is 9.05. The first kappa shape index (κ1) is 16.0. The Morgan fingerprint density at radius 1 is 1.17 bits per heavy atom. The van der Waals surface area contributed by atoms with Gasteiger partial charge in [-0.05, 0) is 44.0 Å². The van der Waals surface area contributed by atoms with E-state index in [0.29, 0.717) is 6.04 Å². The molecular weight excluding hydrogens is 306 g/mol. The summed E-state index contributed by atoms with van der Waals surface area (Å²) in [5.41, 5.74) is 2.97. The average Bonchev–Trinajstić information content (AvgIpc) is 2.89. The maximum absolute atomic E-state index is 11.1. The van der Waals surface area contributed by atoms with Crippen molar-refractivity contribution in [1.29, 1.82) is 0 Å². The van der Waals surface area contributed by atoms with Crippen molar-refractivity contribution < 1.29 is 4.79 Å². The van der Waals surface area contributed by atoms with Gasteiger partial charge in [-0.25, -0.2) is 4.98 Å². The van der Waals surface area contributed by atoms with Crippen LogP contribution in [0.3, 0.4) is 0 Å². The molecule has 0 spiro atoms. The van der Waals surface area contributed by atoms with Gasteiger partial charge in [-0.1, -0.05) is 30.6 Å². The lowest BCUT2D eigenvalue weighted by Gasteiger charge is -2.23. The van der Waals surface area contributed by atoms with E-state index >= 15 is 0 Å². The Morgan fingerprint density at radius 3 is 2.52 bits per heavy atom. The predicted octanol–water partition coefficient (Wildman–Crippen LogP) is 4.82. The molecule has 0 bridgehead atoms. The summed E-state index contributed by atoms with van der Waals surface area (Å²) in [6, 6.07) is 8.45. The summed E-state index contributed by atoms with van der Waals surface area (Å²) in [6.07, 6.45) is 6.54. The van der Waals surface area contributed by atoms with Crippen LogP contribution in [0.2, 0.25) is 0 Å². The van der Waals surface area contributed by atoms with E-state index in [1.807, 2.05) is 24.3 Å². The van der Waals surface area contributed by atoms with Crippen LogP contribution in [0.15, 0.2) is 24.3 Å². The van der Waals surface area contributed by atoms with E-state index in [0.717, 1.165) is 22.0 Å². The van der Waals surface area contributed by atoms with Crippen molar-refractivity contribution in [2.75, 3.05) is 10.6 Å². The minimum atomic E-state index is -0.0539. The lowest BCUT2D eigenvalue weighted by atomic mass is 9.96. The molecular formula is C18H23N3OS. The van der Waals surface area contributed by atoms with E-state index in [1.54, 1.807) is 11.3 Å². The highest BCUT2D eigenvalue weighted by Gasteiger charge is 2.16. The van der Waals surface area contributed by atoms with Crippen LogP contribution in [-0.4, -0.2) is 16.9 Å². The van der Waals surface area contributed by atoms with Crippen LogP contribution in [0.4, 0.5) is 10.7 Å². The number of nitrogens with zero attached hydrogens (tertiary/aromatic N) is 1. The third-order valence-corrected chi connectivity index (χ3v) is 5.33. The Balaban J connectivity index is 1.73. The summed E-state index contributed by atoms with van der Waals surface area (Å²) in [5.74, 6) is -0.0539. The Labute approximate surface area is 141 Å². The number of hydrogen-bond acceptors (Lipinski definition) is 4. The average molecular weight is 329 g/mol. The van der Waals surface area contributed by atoms with E-state index in [9.17, 15) is 4.79 Å². The van der Waals surface area contributed by atoms with Gasteiger partial charge in [0.1, 0.15) is 10.0 Å². The fourth-order valence-electron chi connectivity index (χ4n) is 2.99. The molecule has 0 radical (unpaired) electrons. The van der Waals surface area contributed by atoms with Crippen molar-refractivity contribution in [2.24, 2.45) is 0 Å². The normalized spacial score (nSPS) is 15.4. The second kappa shape index (κ2) is 7.13. The number of rotatable bonds is 4. The van der Waals surface area contributed by atoms with Gasteiger partial charge in [0.25, 0.3) is 0 Å². The lowest BCUT2D eigenvalue weighted by Crippen LogP contribution is -2.21. The zero-order valence-corrected chi connectivity index (χ0v) is 14.5. The topological polar surface area (TPSA) is 54.0 Å². The Bertz CT molecular complexity index is 672. The van der Waals surface area contributed by atoms with Crippen LogP contribution < -0.4 is 10.6 Å². The fraction of sp³-hybridized carbons (Fsp3) is 0.444. The minimum Gasteiger partial charge on any atom is -0.373 e. The van der Waals surface area contributed by atoms with Crippen molar-refractivity contribution in [3.05, 3.63) is 30.0 Å². The molecule has 1 aromatic carbocycles. The highest BCUT2D eigenvalue weighted by Crippen LogP contribution is 2.34. The molecule has 1 heterocycles. The molecule has 1 saturated carbocycles. The number of carbonyl (C=O) groups is 1. The molecule has 0 unspecified atom stereocenters. The molecule has 1 amide bonds. The molecule has 5 heteroatoms. The van der Waals surface area contributed by atoms with Crippen LogP contribution >= 0.6 is 11.3 Å². The molecule has 4 nitrogen and oxygen atoms in total. The molecule has 3 rings (SSSR count). The SMILES string of the molecule is CC(=O)Nc1ccc(-c2nc(C)c(NC3CCCCC3)s2)cc1. The number of amides is 1. The van der Waals surface area contributed by atoms with E-state index in [4.69, 9.17) is 4.98 Å². The summed E-state index contributed by atoms with van der Waals surface area (Å²) in [5, 5.41) is 8.68. The van der Waals surface area contributed by atoms with Crippen molar-refractivity contribution in [1.82, 2.24) is 4.98 Å². The number of carbonyl (C=O) groups excluding carboxylic acids is 1. The van der Waals surface area contributed by atoms with Gasteiger partial charge in [0, 0.05) is 24.2 Å². The summed E-state index contributed by atoms with van der Waals surface area (Å²) in [7, 11) is 0. The Morgan fingerprint density at radius 2 is 1.87 bits per heavy atom. The standard InChI is InChI=1S/C18H23N3OS/c1-12-17(21-15-6-4-3-5-7-15)23-18(19-12)14-8-10-16(11-9-14)20-13(2)22/h8-11,15,21H,3-7H2,1-2H3,(H,20,22). The minimum absolute atomic E-state index is 0.0539.